The summed E-state index contributed by atoms with van der Waals surface area (Å²) in [4.78, 5) is 11.1. The van der Waals surface area contributed by atoms with Crippen LogP contribution in [-0.2, 0) is 4.79 Å². The van der Waals surface area contributed by atoms with Gasteiger partial charge in [-0.2, -0.15) is 0 Å². The summed E-state index contributed by atoms with van der Waals surface area (Å²) in [6, 6.07) is 0.0866. The number of hydrogen-bond donors (Lipinski definition) is 2. The van der Waals surface area contributed by atoms with Crippen molar-refractivity contribution in [3.63, 3.8) is 0 Å². The molecule has 0 spiro atoms. The fourth-order valence-corrected chi connectivity index (χ4v) is 2.08. The number of carboxylic acids is 1. The van der Waals surface area contributed by atoms with Gasteiger partial charge in [-0.3, -0.25) is 4.79 Å². The van der Waals surface area contributed by atoms with Gasteiger partial charge in [0, 0.05) is 6.04 Å². The number of rotatable bonds is 2. The van der Waals surface area contributed by atoms with Crippen molar-refractivity contribution in [1.29, 1.82) is 0 Å². The molecule has 0 bridgehead atoms. The molecule has 1 saturated carbocycles. The average Bonchev–Trinajstić information content (AvgIpc) is 2.32. The van der Waals surface area contributed by atoms with Gasteiger partial charge < -0.3 is 10.8 Å². The molecular formula is C9H17NO2. The molecule has 0 unspecified atom stereocenters. The molecule has 1 aliphatic rings. The van der Waals surface area contributed by atoms with E-state index in [2.05, 4.69) is 0 Å². The maximum Gasteiger partial charge on any atom is 0.309 e. The van der Waals surface area contributed by atoms with Crippen molar-refractivity contribution < 1.29 is 9.90 Å². The molecule has 3 nitrogen and oxygen atoms in total. The molecular weight excluding hydrogens is 154 g/mol. The molecule has 0 saturated heterocycles. The predicted octanol–water partition coefficient (Wildman–Crippen LogP) is 1.22. The van der Waals surface area contributed by atoms with E-state index >= 15 is 0 Å². The van der Waals surface area contributed by atoms with E-state index in [0.717, 1.165) is 12.8 Å². The minimum absolute atomic E-state index is 0.0866. The van der Waals surface area contributed by atoms with E-state index in [0.29, 0.717) is 6.42 Å². The van der Waals surface area contributed by atoms with Crippen LogP contribution in [0.3, 0.4) is 0 Å². The summed E-state index contributed by atoms with van der Waals surface area (Å²) in [7, 11) is 0. The summed E-state index contributed by atoms with van der Waals surface area (Å²) in [5.41, 5.74) is 5.18. The van der Waals surface area contributed by atoms with E-state index in [4.69, 9.17) is 10.8 Å². The van der Waals surface area contributed by atoms with Crippen LogP contribution < -0.4 is 5.73 Å². The molecule has 0 amide bonds. The molecule has 1 fully saturated rings. The lowest BCUT2D eigenvalue weighted by Gasteiger charge is -2.28. The van der Waals surface area contributed by atoms with E-state index in [1.165, 1.54) is 0 Å². The first kappa shape index (κ1) is 9.52. The van der Waals surface area contributed by atoms with Gasteiger partial charge in [0.2, 0.25) is 0 Å². The quantitative estimate of drug-likeness (QED) is 0.656. The van der Waals surface area contributed by atoms with Gasteiger partial charge >= 0.3 is 5.97 Å². The Kier molecular flexibility index (Phi) is 2.42. The van der Waals surface area contributed by atoms with Crippen LogP contribution in [0.4, 0.5) is 0 Å². The van der Waals surface area contributed by atoms with Crippen LogP contribution in [0.25, 0.3) is 0 Å². The smallest absolute Gasteiger partial charge is 0.309 e. The van der Waals surface area contributed by atoms with Crippen molar-refractivity contribution in [1.82, 2.24) is 0 Å². The second-order valence-corrected chi connectivity index (χ2v) is 4.12. The van der Waals surface area contributed by atoms with Crippen molar-refractivity contribution in [2.24, 2.45) is 17.1 Å². The third kappa shape index (κ3) is 1.33. The van der Waals surface area contributed by atoms with E-state index in [9.17, 15) is 4.79 Å². The molecule has 3 heteroatoms. The molecule has 1 rings (SSSR count). The van der Waals surface area contributed by atoms with Crippen molar-refractivity contribution in [3.05, 3.63) is 0 Å². The van der Waals surface area contributed by atoms with Crippen molar-refractivity contribution >= 4 is 5.97 Å². The Morgan fingerprint density at radius 2 is 2.25 bits per heavy atom. The molecule has 0 aromatic carbocycles. The number of carbonyl (C=O) groups is 1. The molecule has 0 heterocycles. The lowest BCUT2D eigenvalue weighted by Crippen LogP contribution is -2.35. The van der Waals surface area contributed by atoms with Gasteiger partial charge in [0.05, 0.1) is 5.41 Å². The number of aliphatic carboxylic acids is 1. The van der Waals surface area contributed by atoms with Gasteiger partial charge in [0.15, 0.2) is 0 Å². The van der Waals surface area contributed by atoms with Crippen LogP contribution in [0.2, 0.25) is 0 Å². The Hall–Kier alpha value is -0.570. The van der Waals surface area contributed by atoms with Crippen molar-refractivity contribution in [2.45, 2.75) is 39.2 Å². The van der Waals surface area contributed by atoms with Crippen LogP contribution in [0.5, 0.6) is 0 Å². The Morgan fingerprint density at radius 3 is 2.42 bits per heavy atom. The average molecular weight is 171 g/mol. The Morgan fingerprint density at radius 1 is 1.67 bits per heavy atom. The highest BCUT2D eigenvalue weighted by atomic mass is 16.4. The summed E-state index contributed by atoms with van der Waals surface area (Å²) in [5, 5.41) is 9.10. The van der Waals surface area contributed by atoms with E-state index < -0.39 is 11.4 Å². The Bertz CT molecular complexity index is 191. The van der Waals surface area contributed by atoms with E-state index in [1.54, 1.807) is 0 Å². The second kappa shape index (κ2) is 3.05. The maximum atomic E-state index is 11.1. The van der Waals surface area contributed by atoms with Crippen LogP contribution in [-0.4, -0.2) is 17.1 Å². The standard InChI is InChI=1S/C9H17NO2/c1-6(2)9(8(11)12)4-3-7(10)5-9/h6-7H,3-5,10H2,1-2H3,(H,11,12)/t7-,9+/m0/s1. The molecule has 12 heavy (non-hydrogen) atoms. The topological polar surface area (TPSA) is 63.3 Å². The summed E-state index contributed by atoms with van der Waals surface area (Å²) >= 11 is 0. The zero-order valence-corrected chi connectivity index (χ0v) is 7.71. The van der Waals surface area contributed by atoms with Crippen LogP contribution >= 0.6 is 0 Å². The van der Waals surface area contributed by atoms with E-state index in [-0.39, 0.29) is 12.0 Å². The normalized spacial score (nSPS) is 35.8. The van der Waals surface area contributed by atoms with Gasteiger partial charge in [-0.05, 0) is 25.2 Å². The lowest BCUT2D eigenvalue weighted by atomic mass is 9.75. The monoisotopic (exact) mass is 171 g/mol. The highest BCUT2D eigenvalue weighted by Gasteiger charge is 2.46. The molecule has 3 N–H and O–H groups in total. The van der Waals surface area contributed by atoms with Crippen LogP contribution in [0.15, 0.2) is 0 Å². The summed E-state index contributed by atoms with van der Waals surface area (Å²) in [5.74, 6) is -0.492. The molecule has 0 aromatic rings. The SMILES string of the molecule is CC(C)[C@@]1(C(=O)O)CC[C@H](N)C1. The van der Waals surface area contributed by atoms with Gasteiger partial charge in [-0.15, -0.1) is 0 Å². The minimum Gasteiger partial charge on any atom is -0.481 e. The van der Waals surface area contributed by atoms with Gasteiger partial charge in [0.25, 0.3) is 0 Å². The predicted molar refractivity (Wildman–Crippen MR) is 46.7 cm³/mol. The zero-order valence-electron chi connectivity index (χ0n) is 7.71. The molecule has 2 atom stereocenters. The summed E-state index contributed by atoms with van der Waals surface area (Å²) in [6.45, 7) is 3.93. The molecule has 0 aliphatic heterocycles. The third-order valence-corrected chi connectivity index (χ3v) is 3.12. The van der Waals surface area contributed by atoms with Gasteiger partial charge in [-0.25, -0.2) is 0 Å². The first-order valence-corrected chi connectivity index (χ1v) is 4.48. The third-order valence-electron chi connectivity index (χ3n) is 3.12. The maximum absolute atomic E-state index is 11.1. The van der Waals surface area contributed by atoms with Crippen LogP contribution in [0.1, 0.15) is 33.1 Å². The van der Waals surface area contributed by atoms with Crippen LogP contribution in [0, 0.1) is 11.3 Å². The molecule has 0 radical (unpaired) electrons. The first-order valence-electron chi connectivity index (χ1n) is 4.48. The highest BCUT2D eigenvalue weighted by molar-refractivity contribution is 5.75. The van der Waals surface area contributed by atoms with Gasteiger partial charge in [-0.1, -0.05) is 13.8 Å². The van der Waals surface area contributed by atoms with E-state index in [1.807, 2.05) is 13.8 Å². The Labute approximate surface area is 72.9 Å². The second-order valence-electron chi connectivity index (χ2n) is 4.12. The lowest BCUT2D eigenvalue weighted by molar-refractivity contribution is -0.151. The summed E-state index contributed by atoms with van der Waals surface area (Å²) < 4.78 is 0. The Balaban J connectivity index is 2.82. The number of hydrogen-bond acceptors (Lipinski definition) is 2. The minimum atomic E-state index is -0.676. The highest BCUT2D eigenvalue weighted by Crippen LogP contribution is 2.43. The van der Waals surface area contributed by atoms with Gasteiger partial charge in [0.1, 0.15) is 0 Å². The summed E-state index contributed by atoms with van der Waals surface area (Å²) in [6.07, 6.45) is 2.23. The largest absolute Gasteiger partial charge is 0.481 e. The number of carboxylic acid groups (broad SMARTS) is 1. The molecule has 0 aromatic heterocycles. The van der Waals surface area contributed by atoms with Crippen molar-refractivity contribution in [3.8, 4) is 0 Å². The number of nitrogens with two attached hydrogens (primary N) is 1. The first-order chi connectivity index (χ1) is 5.49. The zero-order chi connectivity index (χ0) is 9.35. The fourth-order valence-electron chi connectivity index (χ4n) is 2.08. The fraction of sp³-hybridized carbons (Fsp3) is 0.889. The molecule has 1 aliphatic carbocycles. The van der Waals surface area contributed by atoms with Crippen molar-refractivity contribution in [2.75, 3.05) is 0 Å². The molecule has 70 valence electrons.